The van der Waals surface area contributed by atoms with Gasteiger partial charge in [-0.3, -0.25) is 0 Å². The van der Waals surface area contributed by atoms with E-state index in [1.165, 1.54) is 36.4 Å². The fourth-order valence-electron chi connectivity index (χ4n) is 5.21. The minimum atomic E-state index is -4.17. The molecule has 0 radical (unpaired) electrons. The highest BCUT2D eigenvalue weighted by molar-refractivity contribution is 5.75. The zero-order valence-corrected chi connectivity index (χ0v) is 26.0. The summed E-state index contributed by atoms with van der Waals surface area (Å²) in [6.07, 6.45) is -0.671. The van der Waals surface area contributed by atoms with E-state index in [0.29, 0.717) is 30.4 Å². The highest BCUT2D eigenvalue weighted by atomic mass is 19.3. The molecule has 0 atom stereocenters. The molecule has 0 bridgehead atoms. The van der Waals surface area contributed by atoms with Crippen molar-refractivity contribution in [1.82, 2.24) is 0 Å². The molecule has 0 aliphatic heterocycles. The lowest BCUT2D eigenvalue weighted by molar-refractivity contribution is -0.185. The summed E-state index contributed by atoms with van der Waals surface area (Å²) in [5.74, 6) is -11.3. The standard InChI is InChI=1S/C39H26F10O/c1-2-3-4-5-6-30(40)37(46)24-9-7-22(8-10-24)25-13-16-29(31(41)17-25)26-18-32(42)36(33(43)19-26)23-11-14-27(15-12-23)39(48,49)50-28-20-34(44)38(47)35(45)21-28/h2,7-21H,1,3-6H2/b37-30+. The van der Waals surface area contributed by atoms with Crippen LogP contribution in [0.1, 0.15) is 36.8 Å². The Morgan fingerprint density at radius 3 is 1.76 bits per heavy atom. The zero-order chi connectivity index (χ0) is 36.2. The van der Waals surface area contributed by atoms with Gasteiger partial charge in [-0.25, -0.2) is 35.1 Å². The molecule has 0 aliphatic carbocycles. The summed E-state index contributed by atoms with van der Waals surface area (Å²) in [5.41, 5.74) is -1.06. The number of hydrogen-bond donors (Lipinski definition) is 0. The van der Waals surface area contributed by atoms with E-state index in [2.05, 4.69) is 11.3 Å². The molecular weight excluding hydrogens is 674 g/mol. The van der Waals surface area contributed by atoms with Gasteiger partial charge in [0.05, 0.1) is 11.1 Å². The third-order valence-corrected chi connectivity index (χ3v) is 7.80. The maximum atomic E-state index is 15.3. The van der Waals surface area contributed by atoms with Gasteiger partial charge in [-0.15, -0.1) is 6.58 Å². The minimum absolute atomic E-state index is 0.0214. The lowest BCUT2D eigenvalue weighted by atomic mass is 9.96. The molecule has 0 saturated heterocycles. The first-order chi connectivity index (χ1) is 23.8. The van der Waals surface area contributed by atoms with Crippen molar-refractivity contribution in [3.8, 4) is 39.1 Å². The van der Waals surface area contributed by atoms with Crippen molar-refractivity contribution in [2.75, 3.05) is 0 Å². The van der Waals surface area contributed by atoms with Gasteiger partial charge in [0, 0.05) is 29.7 Å². The van der Waals surface area contributed by atoms with Crippen molar-refractivity contribution >= 4 is 5.83 Å². The van der Waals surface area contributed by atoms with Crippen LogP contribution < -0.4 is 4.74 Å². The number of ether oxygens (including phenoxy) is 1. The topological polar surface area (TPSA) is 9.23 Å². The van der Waals surface area contributed by atoms with E-state index in [4.69, 9.17) is 0 Å². The van der Waals surface area contributed by atoms with Crippen LogP contribution in [-0.4, -0.2) is 0 Å². The summed E-state index contributed by atoms with van der Waals surface area (Å²) in [4.78, 5) is 0. The third kappa shape index (κ3) is 7.93. The van der Waals surface area contributed by atoms with Gasteiger partial charge in [-0.05, 0) is 71.8 Å². The molecule has 0 saturated carbocycles. The van der Waals surface area contributed by atoms with Crippen LogP contribution >= 0.6 is 0 Å². The number of halogens is 10. The van der Waals surface area contributed by atoms with Crippen molar-refractivity contribution in [2.24, 2.45) is 0 Å². The predicted octanol–water partition coefficient (Wildman–Crippen LogP) is 13.0. The van der Waals surface area contributed by atoms with Crippen molar-refractivity contribution < 1.29 is 48.6 Å². The second-order valence-corrected chi connectivity index (χ2v) is 11.2. The minimum Gasteiger partial charge on any atom is -0.429 e. The maximum Gasteiger partial charge on any atom is 0.426 e. The van der Waals surface area contributed by atoms with E-state index in [0.717, 1.165) is 42.5 Å². The molecule has 0 heterocycles. The Labute approximate surface area is 280 Å². The molecule has 0 amide bonds. The average Bonchev–Trinajstić information content (AvgIpc) is 3.08. The Balaban J connectivity index is 1.32. The van der Waals surface area contributed by atoms with Gasteiger partial charge in [-0.1, -0.05) is 54.6 Å². The molecule has 11 heteroatoms. The summed E-state index contributed by atoms with van der Waals surface area (Å²) in [6.45, 7) is 3.59. The smallest absolute Gasteiger partial charge is 0.426 e. The molecule has 5 aromatic rings. The molecule has 0 spiro atoms. The van der Waals surface area contributed by atoms with Gasteiger partial charge in [0.2, 0.25) is 0 Å². The van der Waals surface area contributed by atoms with Crippen LogP contribution in [0.2, 0.25) is 0 Å². The Kier molecular flexibility index (Phi) is 10.8. The molecule has 0 aliphatic rings. The van der Waals surface area contributed by atoms with E-state index in [9.17, 15) is 30.7 Å². The molecule has 5 rings (SSSR count). The fraction of sp³-hybridized carbons (Fsp3) is 0.128. The van der Waals surface area contributed by atoms with Gasteiger partial charge in [0.15, 0.2) is 23.3 Å². The first-order valence-corrected chi connectivity index (χ1v) is 15.2. The van der Waals surface area contributed by atoms with E-state index < -0.39 is 69.5 Å². The van der Waals surface area contributed by atoms with Crippen molar-refractivity contribution in [3.05, 3.63) is 156 Å². The first kappa shape index (κ1) is 36.0. The fourth-order valence-corrected chi connectivity index (χ4v) is 5.21. The first-order valence-electron chi connectivity index (χ1n) is 15.2. The Morgan fingerprint density at radius 2 is 1.18 bits per heavy atom. The maximum absolute atomic E-state index is 15.3. The molecule has 5 aromatic carbocycles. The van der Waals surface area contributed by atoms with Crippen LogP contribution in [-0.2, 0) is 6.11 Å². The molecule has 0 aromatic heterocycles. The van der Waals surface area contributed by atoms with Gasteiger partial charge in [0.25, 0.3) is 0 Å². The van der Waals surface area contributed by atoms with Crippen LogP contribution in [0.15, 0.2) is 109 Å². The van der Waals surface area contributed by atoms with Crippen molar-refractivity contribution in [2.45, 2.75) is 31.8 Å². The lowest BCUT2D eigenvalue weighted by Crippen LogP contribution is -2.22. The molecular formula is C39H26F10O. The highest BCUT2D eigenvalue weighted by Gasteiger charge is 2.35. The molecule has 0 N–H and O–H groups in total. The van der Waals surface area contributed by atoms with Gasteiger partial charge in [-0.2, -0.15) is 8.78 Å². The quantitative estimate of drug-likeness (QED) is 0.0545. The third-order valence-electron chi connectivity index (χ3n) is 7.80. The SMILES string of the molecule is C=CCCCC/C(F)=C(\F)c1ccc(-c2ccc(-c3cc(F)c(-c4ccc(C(F)(F)Oc5cc(F)c(F)c(F)c5)cc4)c(F)c3)c(F)c2)cc1. The van der Waals surface area contributed by atoms with Crippen LogP contribution in [0, 0.1) is 34.9 Å². The number of hydrogen-bond acceptors (Lipinski definition) is 1. The van der Waals surface area contributed by atoms with Gasteiger partial charge >= 0.3 is 6.11 Å². The second-order valence-electron chi connectivity index (χ2n) is 11.2. The summed E-state index contributed by atoms with van der Waals surface area (Å²) < 4.78 is 148. The summed E-state index contributed by atoms with van der Waals surface area (Å²) in [6, 6.07) is 15.3. The van der Waals surface area contributed by atoms with E-state index in [-0.39, 0.29) is 40.8 Å². The predicted molar refractivity (Wildman–Crippen MR) is 171 cm³/mol. The van der Waals surface area contributed by atoms with Crippen molar-refractivity contribution in [3.63, 3.8) is 0 Å². The largest absolute Gasteiger partial charge is 0.429 e. The Hall–Kier alpha value is -5.32. The molecule has 1 nitrogen and oxygen atoms in total. The van der Waals surface area contributed by atoms with E-state index >= 15 is 13.2 Å². The zero-order valence-electron chi connectivity index (χ0n) is 26.0. The number of rotatable bonds is 12. The summed E-state index contributed by atoms with van der Waals surface area (Å²) in [5, 5.41) is 0. The highest BCUT2D eigenvalue weighted by Crippen LogP contribution is 2.37. The van der Waals surface area contributed by atoms with Gasteiger partial charge < -0.3 is 4.74 Å². The normalized spacial score (nSPS) is 12.1. The summed E-state index contributed by atoms with van der Waals surface area (Å²) >= 11 is 0. The summed E-state index contributed by atoms with van der Waals surface area (Å²) in [7, 11) is 0. The second kappa shape index (κ2) is 15.1. The van der Waals surface area contributed by atoms with Crippen LogP contribution in [0.4, 0.5) is 43.9 Å². The molecule has 50 heavy (non-hydrogen) atoms. The number of allylic oxidation sites excluding steroid dienone is 2. The molecule has 258 valence electrons. The van der Waals surface area contributed by atoms with Crippen LogP contribution in [0.3, 0.4) is 0 Å². The van der Waals surface area contributed by atoms with Crippen LogP contribution in [0.5, 0.6) is 5.75 Å². The molecule has 0 fully saturated rings. The number of unbranched alkanes of at least 4 members (excludes halogenated alkanes) is 2. The number of benzene rings is 5. The Bertz CT molecular complexity index is 2010. The number of alkyl halides is 2. The van der Waals surface area contributed by atoms with Gasteiger partial charge in [0.1, 0.15) is 29.0 Å². The lowest BCUT2D eigenvalue weighted by Gasteiger charge is -2.19. The molecule has 0 unspecified atom stereocenters. The van der Waals surface area contributed by atoms with E-state index in [1.54, 1.807) is 6.08 Å². The monoisotopic (exact) mass is 700 g/mol. The van der Waals surface area contributed by atoms with Crippen molar-refractivity contribution in [1.29, 1.82) is 0 Å². The van der Waals surface area contributed by atoms with Crippen LogP contribution in [0.25, 0.3) is 39.2 Å². The average molecular weight is 701 g/mol. The Morgan fingerprint density at radius 1 is 0.620 bits per heavy atom. The van der Waals surface area contributed by atoms with E-state index in [1.807, 2.05) is 0 Å².